The maximum Gasteiger partial charge on any atom is 0.273 e. The third-order valence-electron chi connectivity index (χ3n) is 5.17. The van der Waals surface area contributed by atoms with Crippen molar-refractivity contribution in [3.05, 3.63) is 59.4 Å². The molecule has 2 aromatic carbocycles. The van der Waals surface area contributed by atoms with Gasteiger partial charge in [-0.3, -0.25) is 14.4 Å². The van der Waals surface area contributed by atoms with Crippen LogP contribution in [0.15, 0.2) is 42.6 Å². The number of nitrogens with zero attached hydrogens (tertiary/aromatic N) is 3. The van der Waals surface area contributed by atoms with E-state index in [1.54, 1.807) is 36.4 Å². The SMILES string of the molecule is COc1ccc(C(=O)CNC(=O)c2cn(CCNC(=O)c3ccc(OC)c(OC)c3OC)nn2)cc1. The van der Waals surface area contributed by atoms with E-state index in [9.17, 15) is 14.4 Å². The van der Waals surface area contributed by atoms with E-state index in [2.05, 4.69) is 20.9 Å². The fraction of sp³-hybridized carbons (Fsp3) is 0.292. The van der Waals surface area contributed by atoms with Crippen molar-refractivity contribution < 1.29 is 33.3 Å². The largest absolute Gasteiger partial charge is 0.497 e. The molecule has 0 aliphatic heterocycles. The molecule has 0 bridgehead atoms. The number of hydrogen-bond donors (Lipinski definition) is 2. The van der Waals surface area contributed by atoms with Crippen LogP contribution in [0.25, 0.3) is 0 Å². The Hall–Kier alpha value is -4.61. The summed E-state index contributed by atoms with van der Waals surface area (Å²) >= 11 is 0. The quantitative estimate of drug-likeness (QED) is 0.355. The number of Topliss-reactive ketones (excluding diaryl/α,β-unsaturated/α-hetero) is 1. The normalized spacial score (nSPS) is 10.3. The van der Waals surface area contributed by atoms with Crippen LogP contribution in [0.5, 0.6) is 23.0 Å². The Morgan fingerprint density at radius 2 is 1.56 bits per heavy atom. The van der Waals surface area contributed by atoms with Crippen LogP contribution in [0.3, 0.4) is 0 Å². The first-order valence-electron chi connectivity index (χ1n) is 10.8. The van der Waals surface area contributed by atoms with Crippen molar-refractivity contribution in [3.63, 3.8) is 0 Å². The summed E-state index contributed by atoms with van der Waals surface area (Å²) in [5, 5.41) is 13.0. The van der Waals surface area contributed by atoms with Crippen LogP contribution < -0.4 is 29.6 Å². The number of methoxy groups -OCH3 is 4. The number of carbonyl (C=O) groups is 3. The molecule has 2 amide bonds. The summed E-state index contributed by atoms with van der Waals surface area (Å²) in [4.78, 5) is 37.3. The van der Waals surface area contributed by atoms with Crippen LogP contribution >= 0.6 is 0 Å². The zero-order chi connectivity index (χ0) is 26.1. The highest BCUT2D eigenvalue weighted by atomic mass is 16.5. The van der Waals surface area contributed by atoms with E-state index in [0.717, 1.165) is 0 Å². The van der Waals surface area contributed by atoms with Crippen LogP contribution in [0.1, 0.15) is 31.2 Å². The number of ketones is 1. The fourth-order valence-corrected chi connectivity index (χ4v) is 3.30. The highest BCUT2D eigenvalue weighted by molar-refractivity contribution is 6.01. The van der Waals surface area contributed by atoms with Crippen LogP contribution in [0.2, 0.25) is 0 Å². The van der Waals surface area contributed by atoms with Crippen molar-refractivity contribution in [1.82, 2.24) is 25.6 Å². The lowest BCUT2D eigenvalue weighted by molar-refractivity contribution is 0.0900. The molecular formula is C24H27N5O7. The van der Waals surface area contributed by atoms with Crippen molar-refractivity contribution in [2.75, 3.05) is 41.5 Å². The first-order valence-corrected chi connectivity index (χ1v) is 10.8. The van der Waals surface area contributed by atoms with E-state index < -0.39 is 5.91 Å². The number of hydrogen-bond acceptors (Lipinski definition) is 9. The molecule has 3 rings (SSSR count). The maximum atomic E-state index is 12.7. The molecule has 190 valence electrons. The molecule has 0 saturated carbocycles. The maximum absolute atomic E-state index is 12.7. The molecule has 3 aromatic rings. The van der Waals surface area contributed by atoms with Gasteiger partial charge in [0.05, 0.1) is 53.3 Å². The van der Waals surface area contributed by atoms with Crippen molar-refractivity contribution >= 4 is 17.6 Å². The Balaban J connectivity index is 1.51. The average Bonchev–Trinajstić information content (AvgIpc) is 3.39. The molecule has 12 nitrogen and oxygen atoms in total. The van der Waals surface area contributed by atoms with Gasteiger partial charge in [0.15, 0.2) is 23.0 Å². The van der Waals surface area contributed by atoms with Crippen LogP contribution in [0.4, 0.5) is 0 Å². The van der Waals surface area contributed by atoms with Crippen LogP contribution in [0, 0.1) is 0 Å². The Bertz CT molecular complexity index is 1220. The Labute approximate surface area is 207 Å². The van der Waals surface area contributed by atoms with E-state index >= 15 is 0 Å². The predicted molar refractivity (Wildman–Crippen MR) is 128 cm³/mol. The number of ether oxygens (including phenoxy) is 4. The number of aromatic nitrogens is 3. The summed E-state index contributed by atoms with van der Waals surface area (Å²) in [5.74, 6) is 0.441. The Kier molecular flexibility index (Phi) is 8.81. The van der Waals surface area contributed by atoms with Gasteiger partial charge in [-0.15, -0.1) is 5.10 Å². The van der Waals surface area contributed by atoms with Crippen molar-refractivity contribution in [3.8, 4) is 23.0 Å². The van der Waals surface area contributed by atoms with Gasteiger partial charge < -0.3 is 29.6 Å². The van der Waals surface area contributed by atoms with Crippen molar-refractivity contribution in [2.24, 2.45) is 0 Å². The van der Waals surface area contributed by atoms with Crippen LogP contribution in [-0.4, -0.2) is 74.1 Å². The van der Waals surface area contributed by atoms with E-state index in [0.29, 0.717) is 22.8 Å². The van der Waals surface area contributed by atoms with Gasteiger partial charge in [-0.25, -0.2) is 4.68 Å². The number of nitrogens with one attached hydrogen (secondary N) is 2. The van der Waals surface area contributed by atoms with Crippen LogP contribution in [-0.2, 0) is 6.54 Å². The summed E-state index contributed by atoms with van der Waals surface area (Å²) < 4.78 is 22.3. The Morgan fingerprint density at radius 1 is 0.833 bits per heavy atom. The monoisotopic (exact) mass is 497 g/mol. The first kappa shape index (κ1) is 26.0. The standard InChI is InChI=1S/C24H27N5O7/c1-33-16-7-5-15(6-8-16)19(30)13-26-24(32)18-14-29(28-27-18)12-11-25-23(31)17-9-10-20(34-2)22(36-4)21(17)35-3/h5-10,14H,11-13H2,1-4H3,(H,25,31)(H,26,32). The van der Waals surface area contributed by atoms with Gasteiger partial charge in [0.1, 0.15) is 5.75 Å². The zero-order valence-corrected chi connectivity index (χ0v) is 20.4. The molecule has 0 fully saturated rings. The summed E-state index contributed by atoms with van der Waals surface area (Å²) in [6.45, 7) is 0.268. The number of carbonyl (C=O) groups excluding carboxylic acids is 3. The van der Waals surface area contributed by atoms with Gasteiger partial charge in [0.25, 0.3) is 11.8 Å². The van der Waals surface area contributed by atoms with Gasteiger partial charge in [0.2, 0.25) is 5.75 Å². The third kappa shape index (κ3) is 6.09. The molecule has 0 radical (unpaired) electrons. The third-order valence-corrected chi connectivity index (χ3v) is 5.17. The summed E-state index contributed by atoms with van der Waals surface area (Å²) in [6, 6.07) is 9.75. The molecule has 0 unspecified atom stereocenters. The highest BCUT2D eigenvalue weighted by Crippen LogP contribution is 2.39. The number of amides is 2. The second-order valence-corrected chi connectivity index (χ2v) is 7.34. The van der Waals surface area contributed by atoms with Gasteiger partial charge in [0, 0.05) is 12.1 Å². The minimum Gasteiger partial charge on any atom is -0.497 e. The minimum absolute atomic E-state index is 0.0467. The molecule has 36 heavy (non-hydrogen) atoms. The molecule has 0 saturated heterocycles. The molecular weight excluding hydrogens is 470 g/mol. The minimum atomic E-state index is -0.540. The van der Waals surface area contributed by atoms with Gasteiger partial charge in [-0.2, -0.15) is 0 Å². The molecule has 1 heterocycles. The topological polar surface area (TPSA) is 143 Å². The zero-order valence-electron chi connectivity index (χ0n) is 20.4. The smallest absolute Gasteiger partial charge is 0.273 e. The summed E-state index contributed by atoms with van der Waals surface area (Å²) in [6.07, 6.45) is 1.43. The average molecular weight is 498 g/mol. The summed E-state index contributed by atoms with van der Waals surface area (Å²) in [5.41, 5.74) is 0.766. The molecule has 0 spiro atoms. The first-order chi connectivity index (χ1) is 17.4. The van der Waals surface area contributed by atoms with Gasteiger partial charge in [-0.05, 0) is 36.4 Å². The van der Waals surface area contributed by atoms with E-state index in [4.69, 9.17) is 18.9 Å². The molecule has 0 aliphatic carbocycles. The second kappa shape index (κ2) is 12.2. The number of benzene rings is 2. The molecule has 12 heteroatoms. The van der Waals surface area contributed by atoms with E-state index in [1.807, 2.05) is 0 Å². The van der Waals surface area contributed by atoms with Crippen molar-refractivity contribution in [2.45, 2.75) is 6.54 Å². The van der Waals surface area contributed by atoms with E-state index in [1.165, 1.54) is 39.3 Å². The molecule has 1 aromatic heterocycles. The molecule has 2 N–H and O–H groups in total. The summed E-state index contributed by atoms with van der Waals surface area (Å²) in [7, 11) is 5.91. The molecule has 0 aliphatic rings. The van der Waals surface area contributed by atoms with E-state index in [-0.39, 0.29) is 48.3 Å². The lowest BCUT2D eigenvalue weighted by Gasteiger charge is -2.15. The lowest BCUT2D eigenvalue weighted by Crippen LogP contribution is -2.30. The Morgan fingerprint density at radius 3 is 2.19 bits per heavy atom. The highest BCUT2D eigenvalue weighted by Gasteiger charge is 2.20. The van der Waals surface area contributed by atoms with Crippen molar-refractivity contribution in [1.29, 1.82) is 0 Å². The fourth-order valence-electron chi connectivity index (χ4n) is 3.30. The predicted octanol–water partition coefficient (Wildman–Crippen LogP) is 1.36. The van der Waals surface area contributed by atoms with Gasteiger partial charge in [-0.1, -0.05) is 5.21 Å². The van der Waals surface area contributed by atoms with Gasteiger partial charge >= 0.3 is 0 Å². The molecule has 0 atom stereocenters. The second-order valence-electron chi connectivity index (χ2n) is 7.34. The number of rotatable bonds is 12. The lowest BCUT2D eigenvalue weighted by atomic mass is 10.1.